The Bertz CT molecular complexity index is 3750. The van der Waals surface area contributed by atoms with E-state index in [1.54, 1.807) is 0 Å². The standard InChI is InChI=1S/C54H33N3/c1-2-13-38(14-3-1)55-48-21-7-5-17-41(48)45-31-35(24-27-51(45)55)34-12-10-15-39(30-34)56-49-22-8-6-18-42(49)46-32-36(25-28-52(46)56)37-26-29-53-47(33-37)44-20-11-19-43-40-16-4-9-23-50(40)57(53)54(43)44/h1-33H. The van der Waals surface area contributed by atoms with Gasteiger partial charge in [0.25, 0.3) is 0 Å². The van der Waals surface area contributed by atoms with Crippen LogP contribution >= 0.6 is 0 Å². The van der Waals surface area contributed by atoms with E-state index < -0.39 is 0 Å². The van der Waals surface area contributed by atoms with Crippen molar-refractivity contribution in [3.8, 4) is 33.6 Å². The van der Waals surface area contributed by atoms with Crippen molar-refractivity contribution in [3.05, 3.63) is 200 Å². The number of para-hydroxylation sites is 5. The number of hydrogen-bond acceptors (Lipinski definition) is 0. The second kappa shape index (κ2) is 11.5. The first-order valence-electron chi connectivity index (χ1n) is 19.7. The van der Waals surface area contributed by atoms with Crippen molar-refractivity contribution in [2.45, 2.75) is 0 Å². The molecule has 3 heteroatoms. The van der Waals surface area contributed by atoms with Gasteiger partial charge in [0.1, 0.15) is 0 Å². The third-order valence-electron chi connectivity index (χ3n) is 12.4. The minimum atomic E-state index is 1.15. The topological polar surface area (TPSA) is 14.3 Å². The summed E-state index contributed by atoms with van der Waals surface area (Å²) in [5.41, 5.74) is 15.8. The van der Waals surface area contributed by atoms with Crippen molar-refractivity contribution < 1.29 is 0 Å². The normalized spacial score (nSPS) is 12.2. The third-order valence-corrected chi connectivity index (χ3v) is 12.4. The van der Waals surface area contributed by atoms with Crippen LogP contribution in [0, 0.1) is 0 Å². The van der Waals surface area contributed by atoms with E-state index in [1.165, 1.54) is 110 Å². The first-order chi connectivity index (χ1) is 28.3. The van der Waals surface area contributed by atoms with Gasteiger partial charge in [-0.2, -0.15) is 0 Å². The van der Waals surface area contributed by atoms with Crippen LogP contribution in [-0.4, -0.2) is 13.5 Å². The maximum atomic E-state index is 2.45. The minimum Gasteiger partial charge on any atom is -0.309 e. The summed E-state index contributed by atoms with van der Waals surface area (Å²) < 4.78 is 7.25. The summed E-state index contributed by atoms with van der Waals surface area (Å²) >= 11 is 0. The molecule has 13 rings (SSSR count). The van der Waals surface area contributed by atoms with Gasteiger partial charge in [-0.3, -0.25) is 0 Å². The Morgan fingerprint density at radius 2 is 0.614 bits per heavy atom. The summed E-state index contributed by atoms with van der Waals surface area (Å²) in [5.74, 6) is 0. The molecule has 0 spiro atoms. The van der Waals surface area contributed by atoms with Crippen molar-refractivity contribution in [2.75, 3.05) is 0 Å². The molecule has 0 saturated heterocycles. The molecule has 3 nitrogen and oxygen atoms in total. The quantitative estimate of drug-likeness (QED) is 0.172. The van der Waals surface area contributed by atoms with Gasteiger partial charge in [-0.1, -0.05) is 121 Å². The monoisotopic (exact) mass is 723 g/mol. The van der Waals surface area contributed by atoms with Crippen molar-refractivity contribution in [2.24, 2.45) is 0 Å². The second-order valence-corrected chi connectivity index (χ2v) is 15.3. The van der Waals surface area contributed by atoms with E-state index >= 15 is 0 Å². The van der Waals surface area contributed by atoms with Crippen LogP contribution in [0.4, 0.5) is 0 Å². The summed E-state index contributed by atoms with van der Waals surface area (Å²) in [4.78, 5) is 0. The molecular formula is C54H33N3. The summed E-state index contributed by atoms with van der Waals surface area (Å²) in [5, 5.41) is 10.2. The summed E-state index contributed by atoms with van der Waals surface area (Å²) in [6.45, 7) is 0. The van der Waals surface area contributed by atoms with Gasteiger partial charge in [-0.25, -0.2) is 0 Å². The molecule has 0 aliphatic rings. The van der Waals surface area contributed by atoms with Gasteiger partial charge < -0.3 is 13.5 Å². The van der Waals surface area contributed by atoms with Gasteiger partial charge in [-0.15, -0.1) is 0 Å². The van der Waals surface area contributed by atoms with Crippen molar-refractivity contribution in [3.63, 3.8) is 0 Å². The number of rotatable bonds is 4. The van der Waals surface area contributed by atoms with E-state index in [1.807, 2.05) is 0 Å². The molecule has 0 bridgehead atoms. The van der Waals surface area contributed by atoms with E-state index in [0.717, 1.165) is 5.69 Å². The zero-order valence-corrected chi connectivity index (χ0v) is 30.9. The van der Waals surface area contributed by atoms with Crippen LogP contribution in [0.3, 0.4) is 0 Å². The Balaban J connectivity index is 0.949. The van der Waals surface area contributed by atoms with Gasteiger partial charge in [0.2, 0.25) is 0 Å². The molecule has 264 valence electrons. The molecule has 4 aromatic heterocycles. The van der Waals surface area contributed by atoms with Gasteiger partial charge >= 0.3 is 0 Å². The van der Waals surface area contributed by atoms with E-state index in [4.69, 9.17) is 0 Å². The van der Waals surface area contributed by atoms with Gasteiger partial charge in [0, 0.05) is 54.5 Å². The van der Waals surface area contributed by atoms with Crippen LogP contribution in [0.2, 0.25) is 0 Å². The van der Waals surface area contributed by atoms with Crippen molar-refractivity contribution >= 4 is 81.7 Å². The molecule has 0 amide bonds. The zero-order valence-electron chi connectivity index (χ0n) is 30.9. The maximum Gasteiger partial charge on any atom is 0.0620 e. The lowest BCUT2D eigenvalue weighted by Gasteiger charge is -2.11. The number of benzene rings is 9. The van der Waals surface area contributed by atoms with Crippen LogP contribution in [-0.2, 0) is 0 Å². The molecule has 0 aliphatic carbocycles. The lowest BCUT2D eigenvalue weighted by Crippen LogP contribution is -1.94. The molecule has 0 unspecified atom stereocenters. The highest BCUT2D eigenvalue weighted by atomic mass is 15.0. The number of hydrogen-bond donors (Lipinski definition) is 0. The molecule has 0 atom stereocenters. The fraction of sp³-hybridized carbons (Fsp3) is 0. The smallest absolute Gasteiger partial charge is 0.0620 e. The molecule has 0 saturated carbocycles. The van der Waals surface area contributed by atoms with Gasteiger partial charge in [0.15, 0.2) is 0 Å². The van der Waals surface area contributed by atoms with Gasteiger partial charge in [0.05, 0.1) is 38.6 Å². The van der Waals surface area contributed by atoms with Crippen LogP contribution in [0.5, 0.6) is 0 Å². The number of fused-ring (bicyclic) bond motifs is 12. The summed E-state index contributed by atoms with van der Waals surface area (Å²) in [7, 11) is 0. The Morgan fingerprint density at radius 3 is 1.25 bits per heavy atom. The molecule has 0 aliphatic heterocycles. The van der Waals surface area contributed by atoms with Crippen LogP contribution < -0.4 is 0 Å². The fourth-order valence-electron chi connectivity index (χ4n) is 9.88. The first kappa shape index (κ1) is 30.7. The predicted molar refractivity (Wildman–Crippen MR) is 241 cm³/mol. The molecule has 9 aromatic carbocycles. The van der Waals surface area contributed by atoms with E-state index in [2.05, 4.69) is 214 Å². The first-order valence-corrected chi connectivity index (χ1v) is 19.7. The number of aromatic nitrogens is 3. The Labute approximate surface area is 327 Å². The lowest BCUT2D eigenvalue weighted by atomic mass is 10.00. The maximum absolute atomic E-state index is 2.45. The minimum absolute atomic E-state index is 1.15. The Morgan fingerprint density at radius 1 is 0.228 bits per heavy atom. The molecule has 0 fully saturated rings. The molecule has 0 N–H and O–H groups in total. The highest BCUT2D eigenvalue weighted by Gasteiger charge is 2.19. The van der Waals surface area contributed by atoms with Crippen LogP contribution in [0.15, 0.2) is 200 Å². The van der Waals surface area contributed by atoms with Crippen LogP contribution in [0.1, 0.15) is 0 Å². The average Bonchev–Trinajstić information content (AvgIpc) is 4.00. The van der Waals surface area contributed by atoms with E-state index in [0.29, 0.717) is 0 Å². The molecule has 4 heterocycles. The SMILES string of the molecule is c1ccc(-n2c3ccccc3c3cc(-c4cccc(-n5c6ccccc6c6cc(-c7ccc8c(c7)c7cccc9c%10ccccc%10n8c97)ccc65)c4)ccc32)cc1. The molecule has 57 heavy (non-hydrogen) atoms. The molecule has 13 aromatic rings. The molecule has 0 radical (unpaired) electrons. The summed E-state index contributed by atoms with van der Waals surface area (Å²) in [6, 6.07) is 73.7. The van der Waals surface area contributed by atoms with E-state index in [-0.39, 0.29) is 0 Å². The van der Waals surface area contributed by atoms with E-state index in [9.17, 15) is 0 Å². The third kappa shape index (κ3) is 4.26. The van der Waals surface area contributed by atoms with Crippen molar-refractivity contribution in [1.82, 2.24) is 13.5 Å². The van der Waals surface area contributed by atoms with Crippen molar-refractivity contribution in [1.29, 1.82) is 0 Å². The second-order valence-electron chi connectivity index (χ2n) is 15.3. The number of nitrogens with zero attached hydrogens (tertiary/aromatic N) is 3. The Kier molecular flexibility index (Phi) is 6.16. The summed E-state index contributed by atoms with van der Waals surface area (Å²) in [6.07, 6.45) is 0. The fourth-order valence-corrected chi connectivity index (χ4v) is 9.88. The molecular weight excluding hydrogens is 691 g/mol. The highest BCUT2D eigenvalue weighted by molar-refractivity contribution is 6.23. The predicted octanol–water partition coefficient (Wildman–Crippen LogP) is 14.4. The average molecular weight is 724 g/mol. The Hall–Kier alpha value is -7.62. The highest BCUT2D eigenvalue weighted by Crippen LogP contribution is 2.42. The largest absolute Gasteiger partial charge is 0.309 e. The lowest BCUT2D eigenvalue weighted by molar-refractivity contribution is 1.18. The zero-order chi connectivity index (χ0) is 37.2. The van der Waals surface area contributed by atoms with Crippen LogP contribution in [0.25, 0.3) is 115 Å². The van der Waals surface area contributed by atoms with Gasteiger partial charge in [-0.05, 0) is 101 Å².